The van der Waals surface area contributed by atoms with E-state index in [1.54, 1.807) is 20.3 Å². The van der Waals surface area contributed by atoms with Gasteiger partial charge in [0.05, 0.1) is 50.6 Å². The first kappa shape index (κ1) is 17.5. The molecular weight excluding hydrogens is 298 g/mol. The van der Waals surface area contributed by atoms with Crippen LogP contribution >= 0.6 is 0 Å². The Bertz CT molecular complexity index is 656. The van der Waals surface area contributed by atoms with Gasteiger partial charge >= 0.3 is 0 Å². The van der Waals surface area contributed by atoms with E-state index in [4.69, 9.17) is 20.3 Å². The van der Waals surface area contributed by atoms with Crippen molar-refractivity contribution in [3.63, 3.8) is 0 Å². The maximum absolute atomic E-state index is 9.86. The van der Waals surface area contributed by atoms with Gasteiger partial charge in [-0.3, -0.25) is 0 Å². The Hall–Kier alpha value is -1.83. The van der Waals surface area contributed by atoms with E-state index in [-0.39, 0.29) is 19.2 Å². The molecule has 0 spiro atoms. The van der Waals surface area contributed by atoms with Gasteiger partial charge < -0.3 is 30.0 Å². The molecule has 1 aromatic heterocycles. The molecule has 7 heteroatoms. The second kappa shape index (κ2) is 7.63. The zero-order valence-electron chi connectivity index (χ0n) is 13.8. The molecule has 2 aromatic rings. The molecule has 0 fully saturated rings. The predicted molar refractivity (Wildman–Crippen MR) is 87.8 cm³/mol. The van der Waals surface area contributed by atoms with E-state index in [0.717, 1.165) is 18.4 Å². The molecule has 128 valence electrons. The first-order valence-electron chi connectivity index (χ1n) is 7.72. The Balaban J connectivity index is 2.61. The number of imidazole rings is 1. The van der Waals surface area contributed by atoms with Gasteiger partial charge in [0.2, 0.25) is 0 Å². The molecule has 0 bridgehead atoms. The summed E-state index contributed by atoms with van der Waals surface area (Å²) in [7, 11) is 3.14. The molecule has 2 unspecified atom stereocenters. The lowest BCUT2D eigenvalue weighted by Gasteiger charge is -2.16. The monoisotopic (exact) mass is 323 g/mol. The lowest BCUT2D eigenvalue weighted by atomic mass is 10.1. The first-order chi connectivity index (χ1) is 11.0. The summed E-state index contributed by atoms with van der Waals surface area (Å²) in [5.74, 6) is 1.85. The summed E-state index contributed by atoms with van der Waals surface area (Å²) in [6.45, 7) is 1.95. The number of ether oxygens (including phenoxy) is 2. The molecule has 2 atom stereocenters. The number of hydrogen-bond donors (Lipinski definition) is 3. The van der Waals surface area contributed by atoms with Crippen molar-refractivity contribution in [1.82, 2.24) is 9.55 Å². The van der Waals surface area contributed by atoms with Crippen molar-refractivity contribution >= 4 is 11.0 Å². The minimum absolute atomic E-state index is 0.217. The molecule has 0 saturated heterocycles. The van der Waals surface area contributed by atoms with Crippen LogP contribution in [0.3, 0.4) is 0 Å². The molecule has 0 aliphatic heterocycles. The van der Waals surface area contributed by atoms with Gasteiger partial charge in [0.15, 0.2) is 11.5 Å². The number of aromatic nitrogens is 2. The number of rotatable bonds is 8. The lowest BCUT2D eigenvalue weighted by molar-refractivity contribution is 0.0811. The molecule has 0 saturated carbocycles. The molecule has 0 radical (unpaired) electrons. The molecule has 4 N–H and O–H groups in total. The number of nitrogens with two attached hydrogens (primary N) is 1. The fourth-order valence-electron chi connectivity index (χ4n) is 2.65. The highest BCUT2D eigenvalue weighted by Crippen LogP contribution is 2.33. The minimum Gasteiger partial charge on any atom is -0.493 e. The summed E-state index contributed by atoms with van der Waals surface area (Å²) < 4.78 is 12.5. The maximum atomic E-state index is 9.86. The Morgan fingerprint density at radius 3 is 2.48 bits per heavy atom. The van der Waals surface area contributed by atoms with E-state index >= 15 is 0 Å². The van der Waals surface area contributed by atoms with E-state index in [0.29, 0.717) is 22.8 Å². The third-order valence-corrected chi connectivity index (χ3v) is 3.82. The normalized spacial score (nSPS) is 14.0. The van der Waals surface area contributed by atoms with Crippen molar-refractivity contribution in [2.45, 2.75) is 38.5 Å². The van der Waals surface area contributed by atoms with E-state index < -0.39 is 6.10 Å². The molecule has 0 amide bonds. The maximum Gasteiger partial charge on any atom is 0.163 e. The van der Waals surface area contributed by atoms with E-state index in [9.17, 15) is 5.11 Å². The second-order valence-corrected chi connectivity index (χ2v) is 5.51. The smallest absolute Gasteiger partial charge is 0.163 e. The minimum atomic E-state index is -0.881. The molecule has 23 heavy (non-hydrogen) atoms. The van der Waals surface area contributed by atoms with Crippen LogP contribution in [-0.2, 0) is 6.54 Å². The average Bonchev–Trinajstić information content (AvgIpc) is 2.91. The summed E-state index contributed by atoms with van der Waals surface area (Å²) in [6, 6.07) is 3.36. The quantitative estimate of drug-likeness (QED) is 0.675. The Morgan fingerprint density at radius 2 is 1.91 bits per heavy atom. The number of nitrogens with zero attached hydrogens (tertiary/aromatic N) is 2. The van der Waals surface area contributed by atoms with Crippen molar-refractivity contribution < 1.29 is 19.7 Å². The Morgan fingerprint density at radius 1 is 1.26 bits per heavy atom. The van der Waals surface area contributed by atoms with Gasteiger partial charge in [-0.1, -0.05) is 13.3 Å². The summed E-state index contributed by atoms with van der Waals surface area (Å²) in [6.07, 6.45) is 0.833. The van der Waals surface area contributed by atoms with Gasteiger partial charge in [-0.05, 0) is 6.42 Å². The zero-order chi connectivity index (χ0) is 17.0. The number of aliphatic hydroxyl groups excluding tert-OH is 2. The number of methoxy groups -OCH3 is 2. The fourth-order valence-corrected chi connectivity index (χ4v) is 2.65. The van der Waals surface area contributed by atoms with Gasteiger partial charge in [-0.2, -0.15) is 0 Å². The molecule has 0 aliphatic carbocycles. The highest BCUT2D eigenvalue weighted by molar-refractivity contribution is 5.80. The van der Waals surface area contributed by atoms with Crippen LogP contribution in [0, 0.1) is 0 Å². The molecule has 0 aliphatic rings. The lowest BCUT2D eigenvalue weighted by Crippen LogP contribution is -2.24. The van der Waals surface area contributed by atoms with Gasteiger partial charge in [0.25, 0.3) is 0 Å². The fraction of sp³-hybridized carbons (Fsp3) is 0.562. The first-order valence-corrected chi connectivity index (χ1v) is 7.72. The van der Waals surface area contributed by atoms with Crippen molar-refractivity contribution in [3.05, 3.63) is 18.0 Å². The number of aliphatic hydroxyl groups is 2. The molecule has 1 aromatic carbocycles. The van der Waals surface area contributed by atoms with Crippen LogP contribution in [0.15, 0.2) is 12.1 Å². The second-order valence-electron chi connectivity index (χ2n) is 5.51. The van der Waals surface area contributed by atoms with Crippen LogP contribution in [0.4, 0.5) is 0 Å². The third-order valence-electron chi connectivity index (χ3n) is 3.82. The highest BCUT2D eigenvalue weighted by atomic mass is 16.5. The van der Waals surface area contributed by atoms with Gasteiger partial charge in [0.1, 0.15) is 5.82 Å². The van der Waals surface area contributed by atoms with Crippen LogP contribution < -0.4 is 15.2 Å². The average molecular weight is 323 g/mol. The SMILES string of the molecule is CCCC(N)c1nc2cc(OC)c(OC)cc2n1CC(O)CO. The van der Waals surface area contributed by atoms with Crippen LogP contribution in [0.5, 0.6) is 11.5 Å². The summed E-state index contributed by atoms with van der Waals surface area (Å²) in [4.78, 5) is 4.61. The van der Waals surface area contributed by atoms with E-state index in [1.807, 2.05) is 10.6 Å². The van der Waals surface area contributed by atoms with Crippen LogP contribution in [0.2, 0.25) is 0 Å². The van der Waals surface area contributed by atoms with Crippen LogP contribution in [0.1, 0.15) is 31.6 Å². The summed E-state index contributed by atoms with van der Waals surface area (Å²) in [5.41, 5.74) is 7.74. The van der Waals surface area contributed by atoms with E-state index in [2.05, 4.69) is 11.9 Å². The molecule has 2 rings (SSSR count). The highest BCUT2D eigenvalue weighted by Gasteiger charge is 2.20. The predicted octanol–water partition coefficient (Wildman–Crippen LogP) is 1.21. The summed E-state index contributed by atoms with van der Waals surface area (Å²) in [5, 5.41) is 19.0. The van der Waals surface area contributed by atoms with Gasteiger partial charge in [0, 0.05) is 12.1 Å². The zero-order valence-corrected chi connectivity index (χ0v) is 13.8. The van der Waals surface area contributed by atoms with Crippen molar-refractivity contribution in [2.75, 3.05) is 20.8 Å². The van der Waals surface area contributed by atoms with Crippen molar-refractivity contribution in [3.8, 4) is 11.5 Å². The largest absolute Gasteiger partial charge is 0.493 e. The molecule has 1 heterocycles. The number of fused-ring (bicyclic) bond motifs is 1. The number of benzene rings is 1. The van der Waals surface area contributed by atoms with Gasteiger partial charge in [-0.25, -0.2) is 4.98 Å². The molecule has 7 nitrogen and oxygen atoms in total. The molecular formula is C16H25N3O4. The Kier molecular flexibility index (Phi) is 5.81. The van der Waals surface area contributed by atoms with Crippen LogP contribution in [-0.4, -0.2) is 46.7 Å². The number of hydrogen-bond acceptors (Lipinski definition) is 6. The topological polar surface area (TPSA) is 103 Å². The summed E-state index contributed by atoms with van der Waals surface area (Å²) >= 11 is 0. The third kappa shape index (κ3) is 3.57. The van der Waals surface area contributed by atoms with Crippen LogP contribution in [0.25, 0.3) is 11.0 Å². The standard InChI is InChI=1S/C16H25N3O4/c1-4-5-11(17)16-18-12-6-14(22-2)15(23-3)7-13(12)19(16)8-10(21)9-20/h6-7,10-11,20-21H,4-5,8-9,17H2,1-3H3. The van der Waals surface area contributed by atoms with E-state index in [1.165, 1.54) is 0 Å². The van der Waals surface area contributed by atoms with Crippen molar-refractivity contribution in [1.29, 1.82) is 0 Å². The van der Waals surface area contributed by atoms with Crippen molar-refractivity contribution in [2.24, 2.45) is 5.73 Å². The Labute approximate surface area is 135 Å². The van der Waals surface area contributed by atoms with Gasteiger partial charge in [-0.15, -0.1) is 0 Å².